The number of thiophene rings is 1. The van der Waals surface area contributed by atoms with Crippen molar-refractivity contribution < 1.29 is 0 Å². The fraction of sp³-hybridized carbons (Fsp3) is 0.267. The molecule has 0 bridgehead atoms. The topological polar surface area (TPSA) is 24.9 Å². The van der Waals surface area contributed by atoms with Gasteiger partial charge in [0.05, 0.1) is 0 Å². The number of benzene rings is 1. The van der Waals surface area contributed by atoms with Gasteiger partial charge in [-0.25, -0.2) is 4.98 Å². The van der Waals surface area contributed by atoms with Crippen LogP contribution in [0.4, 0.5) is 0 Å². The number of rotatable bonds is 4. The van der Waals surface area contributed by atoms with Crippen LogP contribution in [0.1, 0.15) is 24.8 Å². The molecule has 0 aliphatic heterocycles. The van der Waals surface area contributed by atoms with Crippen LogP contribution in [0.2, 0.25) is 0 Å². The van der Waals surface area contributed by atoms with Gasteiger partial charge in [0, 0.05) is 38.1 Å². The Bertz CT molecular complexity index is 684. The molecule has 0 spiro atoms. The predicted molar refractivity (Wildman–Crippen MR) is 85.0 cm³/mol. The molecule has 4 heteroatoms. The standard InChI is InChI=1S/C15H16N2S2/c1-3-16-10(2)14-8-17-15(19-14)12-9-18-13-7-5-4-6-11(12)13/h4-10,16H,3H2,1-2H3. The highest BCUT2D eigenvalue weighted by atomic mass is 32.1. The Hall–Kier alpha value is -1.23. The first kappa shape index (κ1) is 12.8. The number of fused-ring (bicyclic) bond motifs is 1. The van der Waals surface area contributed by atoms with Crippen molar-refractivity contribution in [1.82, 2.24) is 10.3 Å². The summed E-state index contributed by atoms with van der Waals surface area (Å²) in [4.78, 5) is 5.90. The van der Waals surface area contributed by atoms with E-state index in [2.05, 4.69) is 53.8 Å². The molecule has 0 amide bonds. The highest BCUT2D eigenvalue weighted by molar-refractivity contribution is 7.19. The van der Waals surface area contributed by atoms with Crippen molar-refractivity contribution in [2.45, 2.75) is 19.9 Å². The summed E-state index contributed by atoms with van der Waals surface area (Å²) in [6.45, 7) is 5.30. The molecule has 0 fully saturated rings. The molecule has 0 radical (unpaired) electrons. The number of hydrogen-bond acceptors (Lipinski definition) is 4. The SMILES string of the molecule is CCNC(C)c1cnc(-c2csc3ccccc23)s1. The van der Waals surface area contributed by atoms with Crippen molar-refractivity contribution >= 4 is 32.8 Å². The minimum absolute atomic E-state index is 0.376. The molecule has 0 saturated heterocycles. The van der Waals surface area contributed by atoms with Gasteiger partial charge in [-0.15, -0.1) is 22.7 Å². The van der Waals surface area contributed by atoms with Crippen LogP contribution in [0, 0.1) is 0 Å². The van der Waals surface area contributed by atoms with E-state index < -0.39 is 0 Å². The largest absolute Gasteiger partial charge is 0.310 e. The third-order valence-electron chi connectivity index (χ3n) is 3.17. The van der Waals surface area contributed by atoms with E-state index in [9.17, 15) is 0 Å². The lowest BCUT2D eigenvalue weighted by molar-refractivity contribution is 0.606. The van der Waals surface area contributed by atoms with Gasteiger partial charge in [-0.3, -0.25) is 0 Å². The Balaban J connectivity index is 1.98. The molecule has 19 heavy (non-hydrogen) atoms. The first-order valence-electron chi connectivity index (χ1n) is 6.45. The van der Waals surface area contributed by atoms with E-state index in [-0.39, 0.29) is 0 Å². The summed E-state index contributed by atoms with van der Waals surface area (Å²) in [7, 11) is 0. The first-order chi connectivity index (χ1) is 9.29. The maximum absolute atomic E-state index is 4.60. The Morgan fingerprint density at radius 2 is 2.16 bits per heavy atom. The van der Waals surface area contributed by atoms with Crippen molar-refractivity contribution in [1.29, 1.82) is 0 Å². The summed E-state index contributed by atoms with van der Waals surface area (Å²) < 4.78 is 1.33. The molecule has 2 nitrogen and oxygen atoms in total. The Morgan fingerprint density at radius 1 is 1.32 bits per heavy atom. The Kier molecular flexibility index (Phi) is 3.64. The Morgan fingerprint density at radius 3 is 3.00 bits per heavy atom. The van der Waals surface area contributed by atoms with Gasteiger partial charge < -0.3 is 5.32 Å². The van der Waals surface area contributed by atoms with Crippen LogP contribution in [-0.4, -0.2) is 11.5 Å². The van der Waals surface area contributed by atoms with Gasteiger partial charge in [0.25, 0.3) is 0 Å². The van der Waals surface area contributed by atoms with Crippen LogP contribution < -0.4 is 5.32 Å². The molecule has 1 aromatic carbocycles. The molecule has 3 rings (SSSR count). The highest BCUT2D eigenvalue weighted by Gasteiger charge is 2.13. The molecule has 0 aliphatic rings. The van der Waals surface area contributed by atoms with Gasteiger partial charge in [0.15, 0.2) is 0 Å². The van der Waals surface area contributed by atoms with Crippen molar-refractivity contribution in [3.8, 4) is 10.6 Å². The second-order valence-electron chi connectivity index (χ2n) is 4.49. The molecular weight excluding hydrogens is 272 g/mol. The van der Waals surface area contributed by atoms with Gasteiger partial charge in [-0.2, -0.15) is 0 Å². The molecular formula is C15H16N2S2. The number of nitrogens with one attached hydrogen (secondary N) is 1. The second-order valence-corrected chi connectivity index (χ2v) is 6.47. The summed E-state index contributed by atoms with van der Waals surface area (Å²) in [5.41, 5.74) is 1.26. The minimum atomic E-state index is 0.376. The van der Waals surface area contributed by atoms with Gasteiger partial charge >= 0.3 is 0 Å². The van der Waals surface area contributed by atoms with Gasteiger partial charge in [-0.1, -0.05) is 25.1 Å². The average molecular weight is 288 g/mol. The van der Waals surface area contributed by atoms with Gasteiger partial charge in [-0.05, 0) is 19.5 Å². The molecule has 2 aromatic heterocycles. The van der Waals surface area contributed by atoms with E-state index in [0.29, 0.717) is 6.04 Å². The highest BCUT2D eigenvalue weighted by Crippen LogP contribution is 2.36. The monoisotopic (exact) mass is 288 g/mol. The van der Waals surface area contributed by atoms with Crippen LogP contribution in [0.15, 0.2) is 35.8 Å². The maximum atomic E-state index is 4.60. The molecule has 3 aromatic rings. The normalized spacial score (nSPS) is 12.9. The van der Waals surface area contributed by atoms with Gasteiger partial charge in [0.2, 0.25) is 0 Å². The summed E-state index contributed by atoms with van der Waals surface area (Å²) in [6.07, 6.45) is 2.00. The maximum Gasteiger partial charge on any atom is 0.125 e. The van der Waals surface area contributed by atoms with Crippen molar-refractivity contribution in [2.75, 3.05) is 6.54 Å². The smallest absolute Gasteiger partial charge is 0.125 e. The molecule has 0 aliphatic carbocycles. The molecule has 1 atom stereocenters. The first-order valence-corrected chi connectivity index (χ1v) is 8.15. The Labute approximate surface area is 121 Å². The van der Waals surface area contributed by atoms with Crippen LogP contribution in [0.5, 0.6) is 0 Å². The number of thiazole rings is 1. The molecule has 1 N–H and O–H groups in total. The van der Waals surface area contributed by atoms with Crippen LogP contribution >= 0.6 is 22.7 Å². The second kappa shape index (κ2) is 5.41. The average Bonchev–Trinajstić information content (AvgIpc) is 3.05. The number of hydrogen-bond donors (Lipinski definition) is 1. The van der Waals surface area contributed by atoms with E-state index in [1.165, 1.54) is 20.5 Å². The summed E-state index contributed by atoms with van der Waals surface area (Å²) in [6, 6.07) is 8.90. The van der Waals surface area contributed by atoms with E-state index in [4.69, 9.17) is 0 Å². The van der Waals surface area contributed by atoms with Crippen LogP contribution in [-0.2, 0) is 0 Å². The predicted octanol–water partition coefficient (Wildman–Crippen LogP) is 4.70. The lowest BCUT2D eigenvalue weighted by Gasteiger charge is -2.08. The quantitative estimate of drug-likeness (QED) is 0.753. The van der Waals surface area contributed by atoms with Crippen molar-refractivity contribution in [3.63, 3.8) is 0 Å². The minimum Gasteiger partial charge on any atom is -0.310 e. The lowest BCUT2D eigenvalue weighted by Crippen LogP contribution is -2.16. The van der Waals surface area contributed by atoms with E-state index in [1.807, 2.05) is 6.20 Å². The van der Waals surface area contributed by atoms with Gasteiger partial charge in [0.1, 0.15) is 5.01 Å². The summed E-state index contributed by atoms with van der Waals surface area (Å²) in [5.74, 6) is 0. The fourth-order valence-electron chi connectivity index (χ4n) is 2.16. The molecule has 2 heterocycles. The zero-order valence-electron chi connectivity index (χ0n) is 11.0. The van der Waals surface area contributed by atoms with Crippen molar-refractivity contribution in [3.05, 3.63) is 40.7 Å². The third-order valence-corrected chi connectivity index (χ3v) is 5.35. The number of aromatic nitrogens is 1. The summed E-state index contributed by atoms with van der Waals surface area (Å²) >= 11 is 3.57. The lowest BCUT2D eigenvalue weighted by atomic mass is 10.2. The van der Waals surface area contributed by atoms with Crippen LogP contribution in [0.25, 0.3) is 20.7 Å². The zero-order valence-corrected chi connectivity index (χ0v) is 12.6. The summed E-state index contributed by atoms with van der Waals surface area (Å²) in [5, 5.41) is 8.08. The van der Waals surface area contributed by atoms with E-state index in [0.717, 1.165) is 11.6 Å². The van der Waals surface area contributed by atoms with E-state index >= 15 is 0 Å². The molecule has 98 valence electrons. The zero-order chi connectivity index (χ0) is 13.2. The molecule has 0 saturated carbocycles. The number of nitrogens with zero attached hydrogens (tertiary/aromatic N) is 1. The third kappa shape index (κ3) is 2.43. The van der Waals surface area contributed by atoms with Crippen LogP contribution in [0.3, 0.4) is 0 Å². The van der Waals surface area contributed by atoms with Crippen molar-refractivity contribution in [2.24, 2.45) is 0 Å². The van der Waals surface area contributed by atoms with E-state index in [1.54, 1.807) is 22.7 Å². The molecule has 1 unspecified atom stereocenters. The fourth-order valence-corrected chi connectivity index (χ4v) is 4.15.